The molecule has 0 saturated heterocycles. The molecular weight excluding hydrogens is 669 g/mol. The largest absolute Gasteiger partial charge is 0.416 e. The van der Waals surface area contributed by atoms with Gasteiger partial charge in [0.25, 0.3) is 0 Å². The van der Waals surface area contributed by atoms with Gasteiger partial charge in [-0.3, -0.25) is 0 Å². The average Bonchev–Trinajstić information content (AvgIpc) is 3.08. The quantitative estimate of drug-likeness (QED) is 0.115. The van der Waals surface area contributed by atoms with Crippen molar-refractivity contribution in [2.24, 2.45) is 5.92 Å². The van der Waals surface area contributed by atoms with Crippen molar-refractivity contribution in [2.75, 3.05) is 18.4 Å². The lowest BCUT2D eigenvalue weighted by Crippen LogP contribution is -2.15. The Bertz CT molecular complexity index is 1430. The SMILES string of the molecule is CC/C=C(/c1ccc(CC)cc1)c1cnc(Nc2cc(C(F)(F)F)cc(C(F)(F)F)c2)nc1C.CC1CCCCC1.CCCCCN(F)CCC. The summed E-state index contributed by atoms with van der Waals surface area (Å²) in [5, 5.41) is 3.39. The monoisotopic (exact) mass is 724 g/mol. The third kappa shape index (κ3) is 15.8. The van der Waals surface area contributed by atoms with Crippen LogP contribution >= 0.6 is 0 Å². The molecule has 1 N–H and O–H groups in total. The average molecular weight is 725 g/mol. The van der Waals surface area contributed by atoms with Crippen molar-refractivity contribution >= 4 is 17.2 Å². The molecule has 0 radical (unpaired) electrons. The summed E-state index contributed by atoms with van der Waals surface area (Å²) in [5.74, 6) is 0.930. The zero-order valence-corrected chi connectivity index (χ0v) is 31.0. The molecule has 2 aromatic carbocycles. The number of nitrogens with zero attached hydrogens (tertiary/aromatic N) is 3. The maximum atomic E-state index is 13.1. The Labute approximate surface area is 299 Å². The molecular formula is C40H55F7N4. The van der Waals surface area contributed by atoms with E-state index in [0.717, 1.165) is 59.8 Å². The van der Waals surface area contributed by atoms with Gasteiger partial charge in [-0.05, 0) is 73.4 Å². The predicted octanol–water partition coefficient (Wildman–Crippen LogP) is 13.3. The molecule has 1 heterocycles. The molecule has 284 valence electrons. The fourth-order valence-electron chi connectivity index (χ4n) is 5.65. The molecule has 0 unspecified atom stereocenters. The van der Waals surface area contributed by atoms with Gasteiger partial charge in [0.15, 0.2) is 0 Å². The van der Waals surface area contributed by atoms with Crippen molar-refractivity contribution in [1.82, 2.24) is 15.1 Å². The maximum Gasteiger partial charge on any atom is 0.416 e. The highest BCUT2D eigenvalue weighted by atomic mass is 19.4. The second-order valence-corrected chi connectivity index (χ2v) is 13.0. The summed E-state index contributed by atoms with van der Waals surface area (Å²) < 4.78 is 91.3. The highest BCUT2D eigenvalue weighted by Gasteiger charge is 2.37. The van der Waals surface area contributed by atoms with Crippen molar-refractivity contribution in [3.63, 3.8) is 0 Å². The van der Waals surface area contributed by atoms with Gasteiger partial charge < -0.3 is 5.32 Å². The van der Waals surface area contributed by atoms with Crippen LogP contribution in [0, 0.1) is 12.8 Å². The lowest BCUT2D eigenvalue weighted by Gasteiger charge is -2.16. The van der Waals surface area contributed by atoms with Gasteiger partial charge in [0.1, 0.15) is 0 Å². The molecule has 4 nitrogen and oxygen atoms in total. The fourth-order valence-corrected chi connectivity index (χ4v) is 5.65. The Morgan fingerprint density at radius 1 is 0.843 bits per heavy atom. The molecule has 0 atom stereocenters. The number of alkyl halides is 6. The first-order valence-corrected chi connectivity index (χ1v) is 18.2. The van der Waals surface area contributed by atoms with Gasteiger partial charge in [-0.2, -0.15) is 26.3 Å². The summed E-state index contributed by atoms with van der Waals surface area (Å²) in [6, 6.07) is 9.30. The fraction of sp³-hybridized carbons (Fsp3) is 0.550. The number of aryl methyl sites for hydroxylation is 2. The lowest BCUT2D eigenvalue weighted by molar-refractivity contribution is -0.143. The second kappa shape index (κ2) is 21.8. The number of halogens is 7. The first-order chi connectivity index (χ1) is 24.1. The molecule has 1 saturated carbocycles. The summed E-state index contributed by atoms with van der Waals surface area (Å²) in [4.78, 5) is 8.44. The first-order valence-electron chi connectivity index (χ1n) is 18.2. The molecule has 0 aliphatic heterocycles. The molecule has 1 fully saturated rings. The van der Waals surface area contributed by atoms with E-state index in [0.29, 0.717) is 30.9 Å². The van der Waals surface area contributed by atoms with Crippen LogP contribution in [0.25, 0.3) is 5.57 Å². The maximum absolute atomic E-state index is 13.1. The summed E-state index contributed by atoms with van der Waals surface area (Å²) in [7, 11) is 0. The minimum atomic E-state index is -4.94. The van der Waals surface area contributed by atoms with Crippen LogP contribution in [0.5, 0.6) is 0 Å². The standard InChI is InChI=1S/C25H23F6N3.C8H18FN.C7H14/c1-4-6-21(17-9-7-16(5-2)8-10-17)22-14-32-23(33-15(22)3)34-20-12-18(24(26,27)28)11-19(13-20)25(29,30)31;1-3-5-6-8-10(9)7-4-2;1-7-5-3-2-4-6-7/h6-14H,4-5H2,1-3H3,(H,32,33,34);3-8H2,1-2H3;7H,2-6H2,1H3/b21-6-;;. The minimum Gasteiger partial charge on any atom is -0.324 e. The Balaban J connectivity index is 0.000000433. The van der Waals surface area contributed by atoms with E-state index in [9.17, 15) is 30.8 Å². The third-order valence-corrected chi connectivity index (χ3v) is 8.56. The Kier molecular flexibility index (Phi) is 18.7. The van der Waals surface area contributed by atoms with E-state index in [1.165, 1.54) is 50.3 Å². The van der Waals surface area contributed by atoms with Crippen LogP contribution in [0.15, 0.2) is 54.7 Å². The topological polar surface area (TPSA) is 41.1 Å². The molecule has 51 heavy (non-hydrogen) atoms. The van der Waals surface area contributed by atoms with Crippen molar-refractivity contribution in [1.29, 1.82) is 0 Å². The van der Waals surface area contributed by atoms with E-state index in [4.69, 9.17) is 0 Å². The van der Waals surface area contributed by atoms with Crippen molar-refractivity contribution in [3.05, 3.63) is 88.2 Å². The zero-order chi connectivity index (χ0) is 38.0. The number of anilines is 2. The van der Waals surface area contributed by atoms with Crippen LogP contribution in [-0.4, -0.2) is 28.2 Å². The van der Waals surface area contributed by atoms with Crippen molar-refractivity contribution < 1.29 is 30.8 Å². The molecule has 1 aliphatic carbocycles. The van der Waals surface area contributed by atoms with Gasteiger partial charge in [-0.25, -0.2) is 9.97 Å². The van der Waals surface area contributed by atoms with Crippen LogP contribution in [-0.2, 0) is 18.8 Å². The van der Waals surface area contributed by atoms with E-state index in [1.807, 2.05) is 44.2 Å². The number of hydrogen-bond acceptors (Lipinski definition) is 4. The predicted molar refractivity (Wildman–Crippen MR) is 194 cm³/mol. The highest BCUT2D eigenvalue weighted by Crippen LogP contribution is 2.38. The van der Waals surface area contributed by atoms with Gasteiger partial charge in [-0.15, -0.1) is 9.60 Å². The van der Waals surface area contributed by atoms with Crippen LogP contribution in [0.3, 0.4) is 0 Å². The number of unbranched alkanes of at least 4 members (excludes halogenated alkanes) is 2. The molecule has 1 aromatic heterocycles. The van der Waals surface area contributed by atoms with Crippen LogP contribution in [0.2, 0.25) is 0 Å². The highest BCUT2D eigenvalue weighted by molar-refractivity contribution is 5.80. The molecule has 1 aliphatic rings. The number of allylic oxidation sites excluding steroid dienone is 1. The molecule has 4 rings (SSSR count). The van der Waals surface area contributed by atoms with Crippen LogP contribution < -0.4 is 5.32 Å². The summed E-state index contributed by atoms with van der Waals surface area (Å²) in [6.07, 6.45) is 6.94. The number of aromatic nitrogens is 2. The van der Waals surface area contributed by atoms with E-state index >= 15 is 0 Å². The number of hydrogen-bond donors (Lipinski definition) is 1. The summed E-state index contributed by atoms with van der Waals surface area (Å²) >= 11 is 0. The van der Waals surface area contributed by atoms with Crippen molar-refractivity contribution in [2.45, 2.75) is 125 Å². The number of rotatable bonds is 12. The van der Waals surface area contributed by atoms with Gasteiger partial charge in [0.05, 0.1) is 16.8 Å². The molecule has 0 spiro atoms. The number of nitrogens with one attached hydrogen (secondary N) is 1. The minimum absolute atomic E-state index is 0.0754. The van der Waals surface area contributed by atoms with E-state index < -0.39 is 29.2 Å². The molecule has 3 aromatic rings. The van der Waals surface area contributed by atoms with Crippen LogP contribution in [0.4, 0.5) is 42.5 Å². The molecule has 11 heteroatoms. The lowest BCUT2D eigenvalue weighted by atomic mass is 9.91. The summed E-state index contributed by atoms with van der Waals surface area (Å²) in [6.45, 7) is 13.4. The Morgan fingerprint density at radius 3 is 1.90 bits per heavy atom. The number of benzene rings is 2. The normalized spacial score (nSPS) is 14.0. The molecule has 0 bridgehead atoms. The second-order valence-electron chi connectivity index (χ2n) is 13.0. The first kappa shape index (κ1) is 43.7. The third-order valence-electron chi connectivity index (χ3n) is 8.56. The van der Waals surface area contributed by atoms with E-state index in [1.54, 1.807) is 6.92 Å². The van der Waals surface area contributed by atoms with E-state index in [-0.39, 0.29) is 12.0 Å². The Hall–Kier alpha value is -3.47. The Morgan fingerprint density at radius 2 is 1.45 bits per heavy atom. The van der Waals surface area contributed by atoms with Gasteiger partial charge in [0.2, 0.25) is 5.95 Å². The zero-order valence-electron chi connectivity index (χ0n) is 31.0. The van der Waals surface area contributed by atoms with E-state index in [2.05, 4.69) is 36.1 Å². The van der Waals surface area contributed by atoms with Crippen LogP contribution in [0.1, 0.15) is 132 Å². The van der Waals surface area contributed by atoms with Gasteiger partial charge >= 0.3 is 12.4 Å². The molecule has 0 amide bonds. The van der Waals surface area contributed by atoms with Gasteiger partial charge in [0, 0.05) is 30.5 Å². The van der Waals surface area contributed by atoms with Gasteiger partial charge in [-0.1, -0.05) is 110 Å². The smallest absolute Gasteiger partial charge is 0.324 e. The summed E-state index contributed by atoms with van der Waals surface area (Å²) in [5.41, 5.74) is 1.05. The van der Waals surface area contributed by atoms with Crippen molar-refractivity contribution in [3.8, 4) is 0 Å².